The fourth-order valence-corrected chi connectivity index (χ4v) is 4.14. The number of nitrogens with zero attached hydrogens (tertiary/aromatic N) is 2. The van der Waals surface area contributed by atoms with Crippen LogP contribution < -0.4 is 11.1 Å². The minimum atomic E-state index is 0. The van der Waals surface area contributed by atoms with E-state index in [4.69, 9.17) is 5.73 Å². The summed E-state index contributed by atoms with van der Waals surface area (Å²) in [5, 5.41) is 12.7. The highest BCUT2D eigenvalue weighted by atomic mass is 35.5. The molecule has 0 bridgehead atoms. The summed E-state index contributed by atoms with van der Waals surface area (Å²) in [5.74, 6) is 0.330. The number of nitrogens with one attached hydrogen (secondary N) is 1. The Kier molecular flexibility index (Phi) is 6.32. The number of nitrogens with two attached hydrogens (primary N) is 1. The van der Waals surface area contributed by atoms with Crippen LogP contribution in [0.25, 0.3) is 10.6 Å². The van der Waals surface area contributed by atoms with Gasteiger partial charge in [-0.05, 0) is 44.7 Å². The molecule has 24 heavy (non-hydrogen) atoms. The molecule has 1 aromatic heterocycles. The van der Waals surface area contributed by atoms with Gasteiger partial charge in [0.15, 0.2) is 0 Å². The fraction of sp³-hybridized carbons (Fsp3) is 0.471. The largest absolute Gasteiger partial charge is 0.330 e. The molecule has 3 N–H and O–H groups in total. The lowest BCUT2D eigenvalue weighted by atomic mass is 9.95. The molecule has 7 heteroatoms. The molecule has 3 rings (SSSR count). The van der Waals surface area contributed by atoms with Crippen LogP contribution in [0.2, 0.25) is 0 Å². The second-order valence-electron chi connectivity index (χ2n) is 6.25. The first kappa shape index (κ1) is 18.8. The molecule has 2 atom stereocenters. The van der Waals surface area contributed by atoms with E-state index >= 15 is 0 Å². The molecule has 0 unspecified atom stereocenters. The van der Waals surface area contributed by atoms with Gasteiger partial charge in [0.2, 0.25) is 11.0 Å². The third-order valence-corrected chi connectivity index (χ3v) is 5.44. The van der Waals surface area contributed by atoms with Gasteiger partial charge in [0, 0.05) is 11.5 Å². The summed E-state index contributed by atoms with van der Waals surface area (Å²) in [7, 11) is 0. The first-order valence-electron chi connectivity index (χ1n) is 8.00. The van der Waals surface area contributed by atoms with E-state index in [1.165, 1.54) is 16.9 Å². The van der Waals surface area contributed by atoms with Crippen LogP contribution in [-0.2, 0) is 4.79 Å². The van der Waals surface area contributed by atoms with Gasteiger partial charge in [-0.1, -0.05) is 41.5 Å². The summed E-state index contributed by atoms with van der Waals surface area (Å²) in [6.45, 7) is 4.70. The number of hydrogen-bond donors (Lipinski definition) is 2. The van der Waals surface area contributed by atoms with Crippen molar-refractivity contribution < 1.29 is 4.79 Å². The molecule has 1 saturated carbocycles. The van der Waals surface area contributed by atoms with E-state index in [9.17, 15) is 4.79 Å². The van der Waals surface area contributed by atoms with Gasteiger partial charge in [0.05, 0.1) is 0 Å². The Hall–Kier alpha value is -1.50. The van der Waals surface area contributed by atoms with Crippen LogP contribution in [0.15, 0.2) is 18.2 Å². The molecule has 1 heterocycles. The fourth-order valence-electron chi connectivity index (χ4n) is 3.30. The number of rotatable bonds is 4. The molecular weight excluding hydrogens is 344 g/mol. The maximum atomic E-state index is 12.4. The highest BCUT2D eigenvalue weighted by Gasteiger charge is 2.32. The first-order valence-corrected chi connectivity index (χ1v) is 8.82. The second-order valence-corrected chi connectivity index (χ2v) is 7.23. The molecule has 0 spiro atoms. The van der Waals surface area contributed by atoms with Gasteiger partial charge in [-0.15, -0.1) is 22.6 Å². The van der Waals surface area contributed by atoms with Gasteiger partial charge in [0.25, 0.3) is 0 Å². The molecule has 130 valence electrons. The smallest absolute Gasteiger partial charge is 0.229 e. The van der Waals surface area contributed by atoms with E-state index in [1.54, 1.807) is 0 Å². The molecule has 0 radical (unpaired) electrons. The Bertz CT molecular complexity index is 718. The van der Waals surface area contributed by atoms with E-state index in [-0.39, 0.29) is 24.2 Å². The van der Waals surface area contributed by atoms with Gasteiger partial charge in [-0.3, -0.25) is 4.79 Å². The number of carbonyl (C=O) groups excluding carboxylic acids is 1. The number of amides is 1. The van der Waals surface area contributed by atoms with E-state index in [2.05, 4.69) is 47.6 Å². The number of aryl methyl sites for hydroxylation is 2. The SMILES string of the molecule is Cc1ccc(-c2nnc(NC(=O)[C@@H]3CCC[C@@H]3CN)s2)c(C)c1.Cl. The highest BCUT2D eigenvalue weighted by Crippen LogP contribution is 2.33. The Morgan fingerprint density at radius 2 is 2.12 bits per heavy atom. The number of hydrogen-bond acceptors (Lipinski definition) is 5. The zero-order chi connectivity index (χ0) is 16.4. The van der Waals surface area contributed by atoms with Crippen molar-refractivity contribution in [3.8, 4) is 10.6 Å². The summed E-state index contributed by atoms with van der Waals surface area (Å²) < 4.78 is 0. The lowest BCUT2D eigenvalue weighted by Gasteiger charge is -2.15. The Morgan fingerprint density at radius 1 is 1.33 bits per heavy atom. The molecule has 0 saturated heterocycles. The lowest BCUT2D eigenvalue weighted by Crippen LogP contribution is -2.29. The summed E-state index contributed by atoms with van der Waals surface area (Å²) in [4.78, 5) is 12.4. The number of anilines is 1. The van der Waals surface area contributed by atoms with Crippen molar-refractivity contribution in [2.75, 3.05) is 11.9 Å². The van der Waals surface area contributed by atoms with Crippen molar-refractivity contribution in [3.05, 3.63) is 29.3 Å². The van der Waals surface area contributed by atoms with Gasteiger partial charge < -0.3 is 11.1 Å². The number of aromatic nitrogens is 2. The zero-order valence-corrected chi connectivity index (χ0v) is 15.5. The minimum Gasteiger partial charge on any atom is -0.330 e. The zero-order valence-electron chi connectivity index (χ0n) is 13.9. The molecule has 1 aliphatic rings. The standard InChI is InChI=1S/C17H22N4OS.ClH/c1-10-6-7-13(11(2)8-10)16-20-21-17(23-16)19-15(22)14-5-3-4-12(14)9-18;/h6-8,12,14H,3-5,9,18H2,1-2H3,(H,19,21,22);1H/t12-,14-;/m1./s1. The van der Waals surface area contributed by atoms with Crippen LogP contribution in [0.5, 0.6) is 0 Å². The van der Waals surface area contributed by atoms with Gasteiger partial charge in [0.1, 0.15) is 5.01 Å². The quantitative estimate of drug-likeness (QED) is 0.866. The molecule has 0 aliphatic heterocycles. The second kappa shape index (κ2) is 8.05. The van der Waals surface area contributed by atoms with Crippen LogP contribution in [0.1, 0.15) is 30.4 Å². The normalized spacial score (nSPS) is 19.8. The van der Waals surface area contributed by atoms with Crippen molar-refractivity contribution in [3.63, 3.8) is 0 Å². The van der Waals surface area contributed by atoms with Crippen LogP contribution >= 0.6 is 23.7 Å². The number of halogens is 1. The van der Waals surface area contributed by atoms with Crippen LogP contribution in [-0.4, -0.2) is 22.6 Å². The molecule has 1 aliphatic carbocycles. The monoisotopic (exact) mass is 366 g/mol. The van der Waals surface area contributed by atoms with E-state index in [1.807, 2.05) is 0 Å². The van der Waals surface area contributed by atoms with Crippen molar-refractivity contribution in [1.82, 2.24) is 10.2 Å². The van der Waals surface area contributed by atoms with Gasteiger partial charge >= 0.3 is 0 Å². The third-order valence-electron chi connectivity index (χ3n) is 4.57. The van der Waals surface area contributed by atoms with E-state index in [0.717, 1.165) is 35.4 Å². The third kappa shape index (κ3) is 3.94. The average molecular weight is 367 g/mol. The van der Waals surface area contributed by atoms with Crippen molar-refractivity contribution in [1.29, 1.82) is 0 Å². The maximum absolute atomic E-state index is 12.4. The molecule has 1 amide bonds. The number of carbonyl (C=O) groups is 1. The van der Waals surface area contributed by atoms with Crippen LogP contribution in [0.4, 0.5) is 5.13 Å². The Balaban J connectivity index is 0.00000208. The van der Waals surface area contributed by atoms with Gasteiger partial charge in [-0.25, -0.2) is 0 Å². The summed E-state index contributed by atoms with van der Waals surface area (Å²) in [6.07, 6.45) is 3.03. The van der Waals surface area contributed by atoms with Crippen molar-refractivity contribution >= 4 is 34.8 Å². The Labute approximate surface area is 152 Å². The predicted octanol–water partition coefficient (Wildman–Crippen LogP) is 3.56. The van der Waals surface area contributed by atoms with Crippen LogP contribution in [0, 0.1) is 25.7 Å². The minimum absolute atomic E-state index is 0. The first-order chi connectivity index (χ1) is 11.1. The van der Waals surface area contributed by atoms with Gasteiger partial charge in [-0.2, -0.15) is 0 Å². The van der Waals surface area contributed by atoms with Crippen molar-refractivity contribution in [2.24, 2.45) is 17.6 Å². The topological polar surface area (TPSA) is 80.9 Å². The average Bonchev–Trinajstić information content (AvgIpc) is 3.15. The maximum Gasteiger partial charge on any atom is 0.229 e. The highest BCUT2D eigenvalue weighted by molar-refractivity contribution is 7.18. The molecule has 1 fully saturated rings. The summed E-state index contributed by atoms with van der Waals surface area (Å²) >= 11 is 1.42. The van der Waals surface area contributed by atoms with E-state index in [0.29, 0.717) is 17.6 Å². The lowest BCUT2D eigenvalue weighted by molar-refractivity contribution is -0.120. The predicted molar refractivity (Wildman–Crippen MR) is 101 cm³/mol. The molecule has 1 aromatic carbocycles. The van der Waals surface area contributed by atoms with Crippen molar-refractivity contribution in [2.45, 2.75) is 33.1 Å². The van der Waals surface area contributed by atoms with E-state index < -0.39 is 0 Å². The molecule has 2 aromatic rings. The molecule has 5 nitrogen and oxygen atoms in total. The number of benzene rings is 1. The summed E-state index contributed by atoms with van der Waals surface area (Å²) in [5.41, 5.74) is 9.21. The van der Waals surface area contributed by atoms with Crippen LogP contribution in [0.3, 0.4) is 0 Å². The molecular formula is C17H23ClN4OS. The summed E-state index contributed by atoms with van der Waals surface area (Å²) in [6, 6.07) is 6.24. The Morgan fingerprint density at radius 3 is 2.83 bits per heavy atom.